The zero-order chi connectivity index (χ0) is 10.8. The lowest BCUT2D eigenvalue weighted by molar-refractivity contribution is -0.142. The number of aliphatic carboxylic acids is 1. The third-order valence-electron chi connectivity index (χ3n) is 2.52. The topological polar surface area (TPSA) is 86.8 Å². The number of β-amino-alcohol motifs (C(OH)–C–C–N with tert-alkyl or cyclic N) is 1. The molecule has 0 aliphatic carbocycles. The van der Waals surface area contributed by atoms with Gasteiger partial charge in [-0.25, -0.2) is 0 Å². The molecule has 0 aromatic carbocycles. The quantitative estimate of drug-likeness (QED) is 0.715. The number of aliphatic hydroxyl groups is 1. The number of rotatable bonds is 3. The smallest absolute Gasteiger partial charge is 0.321 e. The summed E-state index contributed by atoms with van der Waals surface area (Å²) in [5, 5.41) is 21.9. The van der Waals surface area contributed by atoms with Crippen molar-refractivity contribution >= 4 is 5.97 Å². The van der Waals surface area contributed by atoms with Gasteiger partial charge in [0.15, 0.2) is 5.76 Å². The fourth-order valence-electron chi connectivity index (χ4n) is 1.83. The Bertz CT molecular complexity index is 338. The lowest BCUT2D eigenvalue weighted by Gasteiger charge is -2.18. The van der Waals surface area contributed by atoms with Gasteiger partial charge in [0.25, 0.3) is 0 Å². The molecule has 1 aliphatic heterocycles. The minimum Gasteiger partial charge on any atom is -0.480 e. The maximum absolute atomic E-state index is 10.9. The van der Waals surface area contributed by atoms with Gasteiger partial charge in [-0.1, -0.05) is 5.16 Å². The Morgan fingerprint density at radius 2 is 2.53 bits per heavy atom. The molecule has 1 aromatic heterocycles. The highest BCUT2D eigenvalue weighted by molar-refractivity contribution is 5.74. The number of aromatic nitrogens is 1. The van der Waals surface area contributed by atoms with Gasteiger partial charge in [-0.05, 0) is 0 Å². The second-order valence-corrected chi connectivity index (χ2v) is 3.65. The summed E-state index contributed by atoms with van der Waals surface area (Å²) in [7, 11) is 0. The van der Waals surface area contributed by atoms with Crippen LogP contribution in [0.4, 0.5) is 0 Å². The first kappa shape index (κ1) is 10.1. The number of carboxylic acid groups (broad SMARTS) is 1. The molecule has 1 aromatic rings. The Morgan fingerprint density at radius 3 is 3.13 bits per heavy atom. The van der Waals surface area contributed by atoms with E-state index in [1.165, 1.54) is 6.20 Å². The van der Waals surface area contributed by atoms with Gasteiger partial charge in [0.2, 0.25) is 0 Å². The van der Waals surface area contributed by atoms with Gasteiger partial charge in [0, 0.05) is 19.0 Å². The van der Waals surface area contributed by atoms with Crippen LogP contribution in [0, 0.1) is 0 Å². The Balaban J connectivity index is 2.04. The van der Waals surface area contributed by atoms with E-state index >= 15 is 0 Å². The van der Waals surface area contributed by atoms with Crippen LogP contribution in [0.15, 0.2) is 16.8 Å². The summed E-state index contributed by atoms with van der Waals surface area (Å²) in [6, 6.07) is 1.05. The predicted octanol–water partition coefficient (Wildman–Crippen LogP) is -0.306. The van der Waals surface area contributed by atoms with E-state index < -0.39 is 18.1 Å². The summed E-state index contributed by atoms with van der Waals surface area (Å²) >= 11 is 0. The van der Waals surface area contributed by atoms with Gasteiger partial charge in [0.05, 0.1) is 18.8 Å². The molecule has 6 nitrogen and oxygen atoms in total. The highest BCUT2D eigenvalue weighted by atomic mass is 16.5. The highest BCUT2D eigenvalue weighted by Crippen LogP contribution is 2.20. The molecule has 0 radical (unpaired) electrons. The molecule has 1 saturated heterocycles. The first-order valence-corrected chi connectivity index (χ1v) is 4.71. The van der Waals surface area contributed by atoms with Crippen molar-refractivity contribution in [3.05, 3.63) is 18.0 Å². The number of hydrogen-bond acceptors (Lipinski definition) is 5. The minimum atomic E-state index is -0.911. The van der Waals surface area contributed by atoms with E-state index in [4.69, 9.17) is 9.63 Å². The van der Waals surface area contributed by atoms with Gasteiger partial charge in [-0.2, -0.15) is 0 Å². The number of nitrogens with zero attached hydrogens (tertiary/aromatic N) is 2. The van der Waals surface area contributed by atoms with Crippen LogP contribution in [-0.2, 0) is 11.3 Å². The summed E-state index contributed by atoms with van der Waals surface area (Å²) in [5.41, 5.74) is 0. The molecule has 0 saturated carbocycles. The first-order chi connectivity index (χ1) is 7.16. The summed E-state index contributed by atoms with van der Waals surface area (Å²) in [6.45, 7) is 0.728. The maximum Gasteiger partial charge on any atom is 0.321 e. The fraction of sp³-hybridized carbons (Fsp3) is 0.556. The van der Waals surface area contributed by atoms with Gasteiger partial charge < -0.3 is 14.7 Å². The molecule has 1 fully saturated rings. The molecule has 2 N–H and O–H groups in total. The molecule has 15 heavy (non-hydrogen) atoms. The van der Waals surface area contributed by atoms with E-state index in [-0.39, 0.29) is 6.42 Å². The van der Waals surface area contributed by atoms with Crippen molar-refractivity contribution in [1.82, 2.24) is 10.1 Å². The van der Waals surface area contributed by atoms with Crippen molar-refractivity contribution in [1.29, 1.82) is 0 Å². The van der Waals surface area contributed by atoms with E-state index in [2.05, 4.69) is 5.16 Å². The van der Waals surface area contributed by atoms with E-state index in [9.17, 15) is 9.90 Å². The van der Waals surface area contributed by atoms with E-state index in [1.54, 1.807) is 11.0 Å². The number of carboxylic acids is 1. The van der Waals surface area contributed by atoms with E-state index in [0.717, 1.165) is 0 Å². The lowest BCUT2D eigenvalue weighted by atomic mass is 10.2. The van der Waals surface area contributed by atoms with Crippen LogP contribution in [0.5, 0.6) is 0 Å². The Hall–Kier alpha value is -1.40. The minimum absolute atomic E-state index is 0.267. The standard InChI is InChI=1S/C9H12N2O4/c12-6-3-8(9(13)14)11(4-6)5-7-1-2-10-15-7/h1-2,6,8,12H,3-5H2,(H,13,14). The molecule has 6 heteroatoms. The molecule has 0 bridgehead atoms. The van der Waals surface area contributed by atoms with Crippen LogP contribution >= 0.6 is 0 Å². The second-order valence-electron chi connectivity index (χ2n) is 3.65. The van der Waals surface area contributed by atoms with Crippen LogP contribution in [0.25, 0.3) is 0 Å². The van der Waals surface area contributed by atoms with Gasteiger partial charge >= 0.3 is 5.97 Å². The lowest BCUT2D eigenvalue weighted by Crippen LogP contribution is -2.35. The number of hydrogen-bond donors (Lipinski definition) is 2. The SMILES string of the molecule is O=C(O)C1CC(O)CN1Cc1ccno1. The van der Waals surface area contributed by atoms with Gasteiger partial charge in [0.1, 0.15) is 6.04 Å². The van der Waals surface area contributed by atoms with Gasteiger partial charge in [-0.15, -0.1) is 0 Å². The third kappa shape index (κ3) is 2.16. The molecule has 2 atom stereocenters. The molecular weight excluding hydrogens is 200 g/mol. The first-order valence-electron chi connectivity index (χ1n) is 4.71. The number of aliphatic hydroxyl groups excluding tert-OH is 1. The summed E-state index contributed by atoms with van der Waals surface area (Å²) in [5.74, 6) is -0.304. The van der Waals surface area contributed by atoms with Crippen LogP contribution in [0.3, 0.4) is 0 Å². The Labute approximate surface area is 86.1 Å². The van der Waals surface area contributed by atoms with Crippen molar-refractivity contribution in [2.75, 3.05) is 6.54 Å². The number of carbonyl (C=O) groups is 1. The zero-order valence-electron chi connectivity index (χ0n) is 8.04. The second kappa shape index (κ2) is 4.00. The number of likely N-dealkylation sites (tertiary alicyclic amines) is 1. The summed E-state index contributed by atoms with van der Waals surface area (Å²) in [4.78, 5) is 12.6. The van der Waals surface area contributed by atoms with Crippen molar-refractivity contribution in [3.63, 3.8) is 0 Å². The normalized spacial score (nSPS) is 27.0. The summed E-state index contributed by atoms with van der Waals surface area (Å²) < 4.78 is 4.89. The average Bonchev–Trinajstić information content (AvgIpc) is 2.75. The van der Waals surface area contributed by atoms with E-state index in [0.29, 0.717) is 18.8 Å². The predicted molar refractivity (Wildman–Crippen MR) is 49.0 cm³/mol. The molecular formula is C9H12N2O4. The van der Waals surface area contributed by atoms with Crippen molar-refractivity contribution < 1.29 is 19.5 Å². The molecule has 0 spiro atoms. The molecule has 2 rings (SSSR count). The Kier molecular flexibility index (Phi) is 2.70. The van der Waals surface area contributed by atoms with Gasteiger partial charge in [-0.3, -0.25) is 9.69 Å². The average molecular weight is 212 g/mol. The molecule has 2 unspecified atom stereocenters. The van der Waals surface area contributed by atoms with E-state index in [1.807, 2.05) is 0 Å². The third-order valence-corrected chi connectivity index (χ3v) is 2.52. The Morgan fingerprint density at radius 1 is 1.73 bits per heavy atom. The molecule has 0 amide bonds. The molecule has 1 aliphatic rings. The highest BCUT2D eigenvalue weighted by Gasteiger charge is 2.36. The van der Waals surface area contributed by atoms with Crippen LogP contribution in [-0.4, -0.2) is 44.9 Å². The van der Waals surface area contributed by atoms with Crippen molar-refractivity contribution in [3.8, 4) is 0 Å². The molecule has 2 heterocycles. The maximum atomic E-state index is 10.9. The van der Waals surface area contributed by atoms with Crippen LogP contribution in [0.2, 0.25) is 0 Å². The van der Waals surface area contributed by atoms with Crippen molar-refractivity contribution in [2.45, 2.75) is 25.1 Å². The monoisotopic (exact) mass is 212 g/mol. The summed E-state index contributed by atoms with van der Waals surface area (Å²) in [6.07, 6.45) is 1.20. The largest absolute Gasteiger partial charge is 0.480 e. The fourth-order valence-corrected chi connectivity index (χ4v) is 1.83. The zero-order valence-corrected chi connectivity index (χ0v) is 8.04. The molecule has 82 valence electrons. The van der Waals surface area contributed by atoms with Crippen molar-refractivity contribution in [2.24, 2.45) is 0 Å². The van der Waals surface area contributed by atoms with Crippen LogP contribution < -0.4 is 0 Å². The van der Waals surface area contributed by atoms with Crippen LogP contribution in [0.1, 0.15) is 12.2 Å².